The first-order valence-corrected chi connectivity index (χ1v) is 39.0. The van der Waals surface area contributed by atoms with E-state index in [0.29, 0.717) is 12.8 Å². The van der Waals surface area contributed by atoms with E-state index in [2.05, 4.69) is 79.9 Å². The van der Waals surface area contributed by atoms with Crippen molar-refractivity contribution >= 4 is 5.91 Å². The molecule has 3 heterocycles. The number of carbonyl (C=O) groups excluding carboxylic acids is 1. The molecule has 17 unspecified atom stereocenters. The number of carbonyl (C=O) groups is 1. The van der Waals surface area contributed by atoms with Crippen LogP contribution >= 0.6 is 0 Å². The fourth-order valence-electron chi connectivity index (χ4n) is 13.1. The van der Waals surface area contributed by atoms with Gasteiger partial charge in [0.15, 0.2) is 18.9 Å². The lowest BCUT2D eigenvalue weighted by Gasteiger charge is -2.48. The fraction of sp³-hybridized carbons (Fsp3) is 0.859. The van der Waals surface area contributed by atoms with Gasteiger partial charge in [-0.25, -0.2) is 0 Å². The van der Waals surface area contributed by atoms with Crippen molar-refractivity contribution in [2.45, 2.75) is 401 Å². The molecule has 3 saturated heterocycles. The number of rotatable bonds is 61. The molecule has 566 valence electrons. The molecule has 19 heteroatoms. The molecule has 0 radical (unpaired) electrons. The Morgan fingerprint density at radius 2 is 0.711 bits per heavy atom. The van der Waals surface area contributed by atoms with Gasteiger partial charge in [0.05, 0.1) is 38.6 Å². The molecule has 0 saturated carbocycles. The van der Waals surface area contributed by atoms with Gasteiger partial charge in [0, 0.05) is 6.42 Å². The van der Waals surface area contributed by atoms with Gasteiger partial charge in [-0.15, -0.1) is 0 Å². The molecule has 3 aliphatic rings. The number of aliphatic hydroxyl groups is 11. The number of aliphatic hydroxyl groups excluding tert-OH is 11. The van der Waals surface area contributed by atoms with Crippen LogP contribution in [0.2, 0.25) is 0 Å². The normalized spacial score (nSPS) is 27.2. The van der Waals surface area contributed by atoms with Gasteiger partial charge in [0.1, 0.15) is 73.2 Å². The lowest BCUT2D eigenvalue weighted by molar-refractivity contribution is -0.379. The van der Waals surface area contributed by atoms with E-state index in [1.54, 1.807) is 0 Å². The number of unbranched alkanes of at least 4 members (excludes halogenated alkanes) is 35. The van der Waals surface area contributed by atoms with Gasteiger partial charge in [0.2, 0.25) is 5.91 Å². The molecule has 19 nitrogen and oxygen atoms in total. The Morgan fingerprint density at radius 3 is 1.11 bits per heavy atom. The molecular formula is C78H141NO18. The number of hydrogen-bond acceptors (Lipinski definition) is 18. The van der Waals surface area contributed by atoms with Crippen molar-refractivity contribution < 1.29 is 89.4 Å². The minimum absolute atomic E-state index is 0.240. The van der Waals surface area contributed by atoms with Crippen molar-refractivity contribution in [2.24, 2.45) is 0 Å². The van der Waals surface area contributed by atoms with Crippen LogP contribution < -0.4 is 5.32 Å². The summed E-state index contributed by atoms with van der Waals surface area (Å²) in [4.78, 5) is 13.4. The first-order chi connectivity index (χ1) is 47.3. The lowest BCUT2D eigenvalue weighted by atomic mass is 9.96. The summed E-state index contributed by atoms with van der Waals surface area (Å²) in [5.74, 6) is -0.240. The van der Waals surface area contributed by atoms with Crippen LogP contribution in [0.4, 0.5) is 0 Å². The summed E-state index contributed by atoms with van der Waals surface area (Å²) in [6, 6.07) is -0.885. The van der Waals surface area contributed by atoms with Crippen molar-refractivity contribution in [3.05, 3.63) is 60.8 Å². The Kier molecular flexibility index (Phi) is 53.9. The maximum absolute atomic E-state index is 13.4. The Morgan fingerprint density at radius 1 is 0.381 bits per heavy atom. The highest BCUT2D eigenvalue weighted by atomic mass is 16.8. The molecule has 12 N–H and O–H groups in total. The van der Waals surface area contributed by atoms with Gasteiger partial charge in [-0.2, -0.15) is 0 Å². The minimum atomic E-state index is -1.97. The van der Waals surface area contributed by atoms with Crippen LogP contribution in [0.15, 0.2) is 60.8 Å². The zero-order chi connectivity index (χ0) is 70.4. The molecule has 0 aromatic rings. The summed E-state index contributed by atoms with van der Waals surface area (Å²) >= 11 is 0. The topological polar surface area (TPSA) is 307 Å². The van der Waals surface area contributed by atoms with Crippen LogP contribution in [0.25, 0.3) is 0 Å². The summed E-state index contributed by atoms with van der Waals surface area (Å²) in [6.07, 6.45) is 47.8. The molecule has 3 fully saturated rings. The van der Waals surface area contributed by atoms with Gasteiger partial charge < -0.3 is 89.9 Å². The summed E-state index contributed by atoms with van der Waals surface area (Å²) < 4.78 is 34.4. The first-order valence-electron chi connectivity index (χ1n) is 39.0. The standard InChI is InChI=1S/C78H141NO18/c1-3-5-7-9-11-13-15-16-17-18-19-20-21-22-23-24-25-26-27-28-29-30-31-32-33-34-35-36-37-38-39-40-41-42-43-44-46-48-50-52-54-56-66(84)79-61(62(83)55-53-51-49-47-45-14-12-10-8-6-4-2)60-92-76-72(90)69(87)74(64(58-81)94-76)97-78-73(91)70(88)75(65(59-82)95-78)96-77-71(89)68(86)67(85)63(57-80)93-77/h5,7,11,13,16-17,19-20,22-23,61-65,67-78,80-83,85-91H,3-4,6,8-10,12,14-15,18,21,24-60H2,1-2H3,(H,79,84)/b7-5-,13-11-,17-16-,20-19-,23-22-. The van der Waals surface area contributed by atoms with E-state index in [4.69, 9.17) is 28.4 Å². The number of ether oxygens (including phenoxy) is 6. The highest BCUT2D eigenvalue weighted by Gasteiger charge is 2.54. The van der Waals surface area contributed by atoms with Crippen LogP contribution in [0.3, 0.4) is 0 Å². The summed E-state index contributed by atoms with van der Waals surface area (Å²) in [5.41, 5.74) is 0. The zero-order valence-corrected chi connectivity index (χ0v) is 60.3. The number of allylic oxidation sites excluding steroid dienone is 10. The Labute approximate surface area is 586 Å². The monoisotopic (exact) mass is 1380 g/mol. The number of amides is 1. The third kappa shape index (κ3) is 39.6. The third-order valence-corrected chi connectivity index (χ3v) is 19.4. The van der Waals surface area contributed by atoms with E-state index in [0.717, 1.165) is 77.0 Å². The third-order valence-electron chi connectivity index (χ3n) is 19.4. The molecule has 1 amide bonds. The number of hydrogen-bond donors (Lipinski definition) is 12. The van der Waals surface area contributed by atoms with Crippen LogP contribution in [0.5, 0.6) is 0 Å². The van der Waals surface area contributed by atoms with Gasteiger partial charge in [-0.3, -0.25) is 4.79 Å². The zero-order valence-electron chi connectivity index (χ0n) is 60.3. The van der Waals surface area contributed by atoms with E-state index in [-0.39, 0.29) is 18.9 Å². The molecule has 0 aromatic heterocycles. The van der Waals surface area contributed by atoms with Gasteiger partial charge in [-0.05, 0) is 57.8 Å². The molecule has 0 spiro atoms. The Hall–Kier alpha value is -2.51. The smallest absolute Gasteiger partial charge is 0.220 e. The Bertz CT molecular complexity index is 1990. The van der Waals surface area contributed by atoms with Gasteiger partial charge >= 0.3 is 0 Å². The predicted octanol–water partition coefficient (Wildman–Crippen LogP) is 12.3. The number of nitrogens with one attached hydrogen (secondary N) is 1. The second-order valence-electron chi connectivity index (χ2n) is 27.8. The fourth-order valence-corrected chi connectivity index (χ4v) is 13.1. The van der Waals surface area contributed by atoms with Gasteiger partial charge in [0.25, 0.3) is 0 Å². The molecule has 0 bridgehead atoms. The SMILES string of the molecule is CC/C=C\C/C=C\C/C=C\C/C=C\C/C=C\CCCCCCCCCCCCCCCCCCCCCCCCCCCC(=O)NC(COC1OC(CO)C(OC2OC(CO)C(OC3OC(CO)C(O)C(O)C3O)C(O)C2O)C(O)C1O)C(O)CCCCCCCCCCCCC. The molecular weight excluding hydrogens is 1240 g/mol. The predicted molar refractivity (Wildman–Crippen MR) is 383 cm³/mol. The summed E-state index contributed by atoms with van der Waals surface area (Å²) in [5, 5.41) is 121. The van der Waals surface area contributed by atoms with Crippen molar-refractivity contribution in [2.75, 3.05) is 26.4 Å². The van der Waals surface area contributed by atoms with Crippen LogP contribution in [-0.2, 0) is 33.2 Å². The first kappa shape index (κ1) is 88.7. The quantitative estimate of drug-likeness (QED) is 0.0199. The molecule has 3 aliphatic heterocycles. The molecule has 97 heavy (non-hydrogen) atoms. The Balaban J connectivity index is 1.25. The highest BCUT2D eigenvalue weighted by molar-refractivity contribution is 5.76. The summed E-state index contributed by atoms with van der Waals surface area (Å²) in [7, 11) is 0. The van der Waals surface area contributed by atoms with Gasteiger partial charge in [-0.1, -0.05) is 293 Å². The lowest BCUT2D eigenvalue weighted by Crippen LogP contribution is -2.66. The van der Waals surface area contributed by atoms with Crippen molar-refractivity contribution in [3.8, 4) is 0 Å². The van der Waals surface area contributed by atoms with Crippen molar-refractivity contribution in [1.29, 1.82) is 0 Å². The van der Waals surface area contributed by atoms with Crippen LogP contribution in [-0.4, -0.2) is 193 Å². The van der Waals surface area contributed by atoms with Crippen molar-refractivity contribution in [1.82, 2.24) is 5.32 Å². The second-order valence-corrected chi connectivity index (χ2v) is 27.8. The van der Waals surface area contributed by atoms with E-state index >= 15 is 0 Å². The average molecular weight is 1380 g/mol. The molecule has 0 aliphatic carbocycles. The molecule has 3 rings (SSSR count). The maximum atomic E-state index is 13.4. The summed E-state index contributed by atoms with van der Waals surface area (Å²) in [6.45, 7) is 1.68. The largest absolute Gasteiger partial charge is 0.394 e. The molecule has 17 atom stereocenters. The highest BCUT2D eigenvalue weighted by Crippen LogP contribution is 2.33. The minimum Gasteiger partial charge on any atom is -0.394 e. The molecule has 0 aromatic carbocycles. The van der Waals surface area contributed by atoms with E-state index in [9.17, 15) is 61.0 Å². The van der Waals surface area contributed by atoms with E-state index in [1.807, 2.05) is 0 Å². The average Bonchev–Trinajstić information content (AvgIpc) is 0.790. The second kappa shape index (κ2) is 58.9. The van der Waals surface area contributed by atoms with Crippen LogP contribution in [0.1, 0.15) is 296 Å². The van der Waals surface area contributed by atoms with Crippen LogP contribution in [0, 0.1) is 0 Å². The van der Waals surface area contributed by atoms with Crippen molar-refractivity contribution in [3.63, 3.8) is 0 Å². The van der Waals surface area contributed by atoms with E-state index < -0.39 is 124 Å². The maximum Gasteiger partial charge on any atom is 0.220 e. The van der Waals surface area contributed by atoms with E-state index in [1.165, 1.54) is 186 Å².